The summed E-state index contributed by atoms with van der Waals surface area (Å²) in [5, 5.41) is 0. The third-order valence-electron chi connectivity index (χ3n) is 1.54. The van der Waals surface area contributed by atoms with E-state index in [0.717, 1.165) is 12.8 Å². The van der Waals surface area contributed by atoms with Crippen molar-refractivity contribution in [3.8, 4) is 0 Å². The van der Waals surface area contributed by atoms with E-state index in [1.807, 2.05) is 0 Å². The van der Waals surface area contributed by atoms with E-state index in [2.05, 4.69) is 4.99 Å². The predicted molar refractivity (Wildman–Crippen MR) is 30.6 cm³/mol. The molecule has 2 nitrogen and oxygen atoms in total. The van der Waals surface area contributed by atoms with Crippen LogP contribution < -0.4 is 0 Å². The zero-order valence-corrected chi connectivity index (χ0v) is 5.01. The van der Waals surface area contributed by atoms with Crippen LogP contribution in [0.3, 0.4) is 0 Å². The maximum Gasteiger partial charge on any atom is 0.235 e. The van der Waals surface area contributed by atoms with Crippen LogP contribution >= 0.6 is 0 Å². The highest BCUT2D eigenvalue weighted by Crippen LogP contribution is 2.34. The summed E-state index contributed by atoms with van der Waals surface area (Å²) in [4.78, 5) is 13.0. The van der Waals surface area contributed by atoms with Gasteiger partial charge in [0.25, 0.3) is 0 Å². The number of aliphatic imine (C=N–C) groups is 1. The summed E-state index contributed by atoms with van der Waals surface area (Å²) in [5.74, 6) is 0.330. The minimum Gasteiger partial charge on any atom is -0.249 e. The molecule has 0 N–H and O–H groups in total. The Morgan fingerprint density at radius 3 is 2.78 bits per heavy atom. The number of hydrogen-bond acceptors (Lipinski definition) is 2. The predicted octanol–water partition coefficient (Wildman–Crippen LogP) is 1.07. The van der Waals surface area contributed by atoms with E-state index < -0.39 is 6.67 Å². The largest absolute Gasteiger partial charge is 0.249 e. The Morgan fingerprint density at radius 1 is 1.78 bits per heavy atom. The average Bonchev–Trinajstić information content (AvgIpc) is 2.64. The lowest BCUT2D eigenvalue weighted by molar-refractivity contribution is 0.402. The minimum atomic E-state index is -0.514. The second-order valence-corrected chi connectivity index (χ2v) is 2.28. The Morgan fingerprint density at radius 2 is 2.44 bits per heavy atom. The lowest BCUT2D eigenvalue weighted by Crippen LogP contribution is -2.08. The van der Waals surface area contributed by atoms with Crippen LogP contribution in [-0.4, -0.2) is 18.8 Å². The molecule has 1 aliphatic rings. The highest BCUT2D eigenvalue weighted by atomic mass is 19.1. The molecule has 1 atom stereocenters. The summed E-state index contributed by atoms with van der Waals surface area (Å²) in [6.07, 6.45) is 3.40. The molecule has 50 valence electrons. The molecular weight excluding hydrogens is 121 g/mol. The van der Waals surface area contributed by atoms with Gasteiger partial charge >= 0.3 is 0 Å². The summed E-state index contributed by atoms with van der Waals surface area (Å²) in [6, 6.07) is -0.387. The van der Waals surface area contributed by atoms with E-state index in [9.17, 15) is 9.18 Å². The van der Waals surface area contributed by atoms with Crippen molar-refractivity contribution in [1.29, 1.82) is 0 Å². The normalized spacial score (nSPS) is 20.6. The van der Waals surface area contributed by atoms with Crippen molar-refractivity contribution >= 4 is 6.08 Å². The van der Waals surface area contributed by atoms with Crippen LogP contribution in [0.4, 0.5) is 4.39 Å². The molecule has 3 heteroatoms. The van der Waals surface area contributed by atoms with Gasteiger partial charge in [-0.1, -0.05) is 0 Å². The monoisotopic (exact) mass is 129 g/mol. The Labute approximate surface area is 52.8 Å². The first-order chi connectivity index (χ1) is 4.38. The van der Waals surface area contributed by atoms with Crippen LogP contribution in [0.2, 0.25) is 0 Å². The lowest BCUT2D eigenvalue weighted by Gasteiger charge is -1.99. The van der Waals surface area contributed by atoms with E-state index in [0.29, 0.717) is 5.92 Å². The molecule has 1 aliphatic carbocycles. The first kappa shape index (κ1) is 6.43. The van der Waals surface area contributed by atoms with Gasteiger partial charge in [-0.05, 0) is 18.8 Å². The average molecular weight is 129 g/mol. The Hall–Kier alpha value is -0.690. The molecule has 0 bridgehead atoms. The van der Waals surface area contributed by atoms with Gasteiger partial charge in [0.1, 0.15) is 6.67 Å². The second kappa shape index (κ2) is 2.74. The quantitative estimate of drug-likeness (QED) is 0.414. The van der Waals surface area contributed by atoms with Crippen molar-refractivity contribution in [3.05, 3.63) is 0 Å². The number of carbonyl (C=O) groups excluding carboxylic acids is 1. The highest BCUT2D eigenvalue weighted by molar-refractivity contribution is 5.33. The summed E-state index contributed by atoms with van der Waals surface area (Å²) >= 11 is 0. The molecule has 0 aromatic rings. The van der Waals surface area contributed by atoms with Gasteiger partial charge in [0.15, 0.2) is 0 Å². The topological polar surface area (TPSA) is 29.4 Å². The molecule has 0 aromatic heterocycles. The van der Waals surface area contributed by atoms with Gasteiger partial charge in [-0.3, -0.25) is 0 Å². The number of hydrogen-bond donors (Lipinski definition) is 0. The van der Waals surface area contributed by atoms with Crippen molar-refractivity contribution in [1.82, 2.24) is 0 Å². The number of halogens is 1. The lowest BCUT2D eigenvalue weighted by atomic mass is 10.2. The zero-order valence-electron chi connectivity index (χ0n) is 5.01. The number of alkyl halides is 1. The van der Waals surface area contributed by atoms with Gasteiger partial charge in [0.05, 0.1) is 6.04 Å². The van der Waals surface area contributed by atoms with Crippen molar-refractivity contribution in [3.63, 3.8) is 0 Å². The molecule has 0 aliphatic heterocycles. The van der Waals surface area contributed by atoms with E-state index in [4.69, 9.17) is 0 Å². The Kier molecular flexibility index (Phi) is 1.96. The SMILES string of the molecule is O=C=NC(CF)C1CC1. The number of rotatable bonds is 3. The van der Waals surface area contributed by atoms with Gasteiger partial charge < -0.3 is 0 Å². The molecular formula is C6H8FNO. The molecule has 0 saturated heterocycles. The molecule has 1 saturated carbocycles. The fraction of sp³-hybridized carbons (Fsp3) is 0.833. The van der Waals surface area contributed by atoms with Crippen molar-refractivity contribution in [2.45, 2.75) is 18.9 Å². The fourth-order valence-electron chi connectivity index (χ4n) is 0.815. The Balaban J connectivity index is 2.37. The molecule has 0 aromatic carbocycles. The number of nitrogens with zero attached hydrogens (tertiary/aromatic N) is 1. The van der Waals surface area contributed by atoms with Crippen LogP contribution in [0.15, 0.2) is 4.99 Å². The summed E-state index contributed by atoms with van der Waals surface area (Å²) < 4.78 is 11.9. The van der Waals surface area contributed by atoms with Crippen molar-refractivity contribution < 1.29 is 9.18 Å². The summed E-state index contributed by atoms with van der Waals surface area (Å²) in [7, 11) is 0. The molecule has 0 heterocycles. The van der Waals surface area contributed by atoms with Crippen LogP contribution in [0.5, 0.6) is 0 Å². The van der Waals surface area contributed by atoms with Gasteiger partial charge in [-0.25, -0.2) is 9.18 Å². The fourth-order valence-corrected chi connectivity index (χ4v) is 0.815. The first-order valence-corrected chi connectivity index (χ1v) is 3.01. The first-order valence-electron chi connectivity index (χ1n) is 3.01. The minimum absolute atomic E-state index is 0.330. The Bertz CT molecular complexity index is 138. The molecule has 1 rings (SSSR count). The van der Waals surface area contributed by atoms with E-state index >= 15 is 0 Å². The molecule has 0 amide bonds. The standard InChI is InChI=1S/C6H8FNO/c7-3-6(8-4-9)5-1-2-5/h5-6H,1-3H2. The van der Waals surface area contributed by atoms with Crippen LogP contribution in [-0.2, 0) is 4.79 Å². The van der Waals surface area contributed by atoms with E-state index in [1.54, 1.807) is 0 Å². The molecule has 1 unspecified atom stereocenters. The van der Waals surface area contributed by atoms with Crippen molar-refractivity contribution in [2.75, 3.05) is 6.67 Å². The van der Waals surface area contributed by atoms with Crippen LogP contribution in [0, 0.1) is 5.92 Å². The molecule has 0 spiro atoms. The second-order valence-electron chi connectivity index (χ2n) is 2.28. The third kappa shape index (κ3) is 1.61. The molecule has 9 heavy (non-hydrogen) atoms. The summed E-state index contributed by atoms with van der Waals surface area (Å²) in [6.45, 7) is -0.514. The van der Waals surface area contributed by atoms with Gasteiger partial charge in [0, 0.05) is 0 Å². The summed E-state index contributed by atoms with van der Waals surface area (Å²) in [5.41, 5.74) is 0. The van der Waals surface area contributed by atoms with Gasteiger partial charge in [0.2, 0.25) is 6.08 Å². The smallest absolute Gasteiger partial charge is 0.235 e. The van der Waals surface area contributed by atoms with Gasteiger partial charge in [-0.15, -0.1) is 0 Å². The van der Waals surface area contributed by atoms with Crippen molar-refractivity contribution in [2.24, 2.45) is 10.9 Å². The number of isocyanates is 1. The maximum atomic E-state index is 11.9. The van der Waals surface area contributed by atoms with Crippen LogP contribution in [0.25, 0.3) is 0 Å². The van der Waals surface area contributed by atoms with E-state index in [-0.39, 0.29) is 6.04 Å². The maximum absolute atomic E-state index is 11.9. The highest BCUT2D eigenvalue weighted by Gasteiger charge is 2.30. The zero-order chi connectivity index (χ0) is 6.69. The molecule has 0 radical (unpaired) electrons. The molecule has 1 fully saturated rings. The third-order valence-corrected chi connectivity index (χ3v) is 1.54. The van der Waals surface area contributed by atoms with Gasteiger partial charge in [-0.2, -0.15) is 4.99 Å². The van der Waals surface area contributed by atoms with Crippen LogP contribution in [0.1, 0.15) is 12.8 Å². The van der Waals surface area contributed by atoms with E-state index in [1.165, 1.54) is 6.08 Å².